The zero-order chi connectivity index (χ0) is 12.8. The molecule has 92 valence electrons. The van der Waals surface area contributed by atoms with E-state index < -0.39 is 16.6 Å². The molecule has 17 heavy (non-hydrogen) atoms. The molecule has 0 atom stereocenters. The second-order valence-corrected chi connectivity index (χ2v) is 2.75. The van der Waals surface area contributed by atoms with E-state index in [4.69, 9.17) is 5.84 Å². The molecule has 1 rings (SSSR count). The van der Waals surface area contributed by atoms with Gasteiger partial charge in [0, 0.05) is 0 Å². The largest absolute Gasteiger partial charge is 0.468 e. The predicted octanol–water partition coefficient (Wildman–Crippen LogP) is -0.745. The summed E-state index contributed by atoms with van der Waals surface area (Å²) in [6.45, 7) is -0.252. The number of nitrogens with one attached hydrogen (secondary N) is 2. The molecule has 0 aliphatic heterocycles. The molecule has 0 unspecified atom stereocenters. The first-order valence-electron chi connectivity index (χ1n) is 4.36. The van der Waals surface area contributed by atoms with E-state index >= 15 is 0 Å². The topological polar surface area (TPSA) is 145 Å². The molecule has 0 saturated heterocycles. The van der Waals surface area contributed by atoms with Crippen LogP contribution in [0.15, 0.2) is 6.33 Å². The Morgan fingerprint density at radius 3 is 2.76 bits per heavy atom. The van der Waals surface area contributed by atoms with Crippen molar-refractivity contribution in [2.75, 3.05) is 24.4 Å². The molecule has 0 aliphatic carbocycles. The van der Waals surface area contributed by atoms with Gasteiger partial charge in [-0.25, -0.2) is 15.8 Å². The molecule has 1 aromatic rings. The number of nitrogen functional groups attached to an aromatic ring is 1. The highest BCUT2D eigenvalue weighted by Gasteiger charge is 2.22. The number of anilines is 2. The van der Waals surface area contributed by atoms with E-state index in [2.05, 4.69) is 25.4 Å². The molecular formula is C7H10N6O4. The summed E-state index contributed by atoms with van der Waals surface area (Å²) in [5, 5.41) is 13.2. The number of carbonyl (C=O) groups excluding carboxylic acids is 1. The van der Waals surface area contributed by atoms with Gasteiger partial charge in [0.05, 0.1) is 12.0 Å². The summed E-state index contributed by atoms with van der Waals surface area (Å²) in [5.74, 6) is 4.22. The summed E-state index contributed by atoms with van der Waals surface area (Å²) >= 11 is 0. The first-order chi connectivity index (χ1) is 8.10. The van der Waals surface area contributed by atoms with E-state index in [1.54, 1.807) is 0 Å². The Bertz CT molecular complexity index is 436. The Kier molecular flexibility index (Phi) is 4.11. The van der Waals surface area contributed by atoms with Gasteiger partial charge in [-0.15, -0.1) is 0 Å². The quantitative estimate of drug-likeness (QED) is 0.263. The number of carbonyl (C=O) groups is 1. The van der Waals surface area contributed by atoms with E-state index in [0.717, 1.165) is 6.33 Å². The van der Waals surface area contributed by atoms with Crippen LogP contribution in [-0.2, 0) is 9.53 Å². The minimum Gasteiger partial charge on any atom is -0.468 e. The van der Waals surface area contributed by atoms with Gasteiger partial charge in [0.1, 0.15) is 12.9 Å². The fourth-order valence-electron chi connectivity index (χ4n) is 1.01. The van der Waals surface area contributed by atoms with Crippen molar-refractivity contribution >= 4 is 23.3 Å². The molecule has 4 N–H and O–H groups in total. The van der Waals surface area contributed by atoms with Gasteiger partial charge >= 0.3 is 11.7 Å². The van der Waals surface area contributed by atoms with Crippen LogP contribution < -0.4 is 16.6 Å². The maximum atomic E-state index is 10.9. The lowest BCUT2D eigenvalue weighted by Gasteiger charge is -2.06. The average Bonchev–Trinajstić information content (AvgIpc) is 2.34. The number of hydrogen-bond acceptors (Lipinski definition) is 9. The first kappa shape index (κ1) is 12.6. The zero-order valence-corrected chi connectivity index (χ0v) is 8.84. The lowest BCUT2D eigenvalue weighted by atomic mass is 10.4. The number of ether oxygens (including phenoxy) is 1. The molecule has 0 fully saturated rings. The summed E-state index contributed by atoms with van der Waals surface area (Å²) in [4.78, 5) is 28.2. The molecule has 0 bridgehead atoms. The Morgan fingerprint density at radius 2 is 2.24 bits per heavy atom. The van der Waals surface area contributed by atoms with E-state index in [0.29, 0.717) is 0 Å². The standard InChI is InChI=1S/C7H10N6O4/c1-17-4(14)2-9-6-5(13(15)16)7(12-8)11-3-10-6/h3H,2,8H2,1H3,(H2,9,10,11,12). The molecule has 0 spiro atoms. The van der Waals surface area contributed by atoms with Crippen LogP contribution >= 0.6 is 0 Å². The minimum absolute atomic E-state index is 0.122. The maximum Gasteiger partial charge on any atom is 0.354 e. The summed E-state index contributed by atoms with van der Waals surface area (Å²) in [6, 6.07) is 0. The fourth-order valence-corrected chi connectivity index (χ4v) is 1.01. The number of nitro groups is 1. The van der Waals surface area contributed by atoms with Gasteiger partial charge in [-0.05, 0) is 0 Å². The minimum atomic E-state index is -0.713. The fraction of sp³-hybridized carbons (Fsp3) is 0.286. The smallest absolute Gasteiger partial charge is 0.354 e. The molecule has 0 aliphatic rings. The molecule has 0 amide bonds. The molecule has 0 radical (unpaired) electrons. The predicted molar refractivity (Wildman–Crippen MR) is 57.0 cm³/mol. The first-order valence-corrected chi connectivity index (χ1v) is 4.36. The van der Waals surface area contributed by atoms with Crippen molar-refractivity contribution in [1.82, 2.24) is 9.97 Å². The molecule has 0 aromatic carbocycles. The second kappa shape index (κ2) is 5.55. The van der Waals surface area contributed by atoms with Crippen molar-refractivity contribution < 1.29 is 14.5 Å². The van der Waals surface area contributed by atoms with Crippen LogP contribution in [0.25, 0.3) is 0 Å². The van der Waals surface area contributed by atoms with Gasteiger partial charge in [-0.3, -0.25) is 14.9 Å². The highest BCUT2D eigenvalue weighted by Crippen LogP contribution is 2.27. The third kappa shape index (κ3) is 2.98. The van der Waals surface area contributed by atoms with Gasteiger partial charge < -0.3 is 15.5 Å². The van der Waals surface area contributed by atoms with E-state index in [-0.39, 0.29) is 18.2 Å². The van der Waals surface area contributed by atoms with Crippen molar-refractivity contribution in [3.8, 4) is 0 Å². The maximum absolute atomic E-state index is 10.9. The Hall–Kier alpha value is -2.49. The number of nitrogens with zero attached hydrogens (tertiary/aromatic N) is 3. The third-order valence-electron chi connectivity index (χ3n) is 1.77. The van der Waals surface area contributed by atoms with Crippen molar-refractivity contribution in [3.63, 3.8) is 0 Å². The monoisotopic (exact) mass is 242 g/mol. The van der Waals surface area contributed by atoms with Crippen LogP contribution in [0, 0.1) is 10.1 Å². The number of rotatable bonds is 5. The molecule has 0 saturated carbocycles. The van der Waals surface area contributed by atoms with Gasteiger partial charge in [0.2, 0.25) is 11.6 Å². The summed E-state index contributed by atoms with van der Waals surface area (Å²) in [7, 11) is 1.20. The van der Waals surface area contributed by atoms with Gasteiger partial charge in [-0.1, -0.05) is 0 Å². The molecular weight excluding hydrogens is 232 g/mol. The van der Waals surface area contributed by atoms with Crippen LogP contribution in [0.2, 0.25) is 0 Å². The summed E-state index contributed by atoms with van der Waals surface area (Å²) in [5.41, 5.74) is 1.62. The Balaban J connectivity index is 2.98. The SMILES string of the molecule is COC(=O)CNc1ncnc(NN)c1[N+](=O)[O-]. The number of esters is 1. The normalized spacial score (nSPS) is 9.53. The third-order valence-corrected chi connectivity index (χ3v) is 1.77. The Labute approximate surface area is 95.3 Å². The van der Waals surface area contributed by atoms with Crippen molar-refractivity contribution in [1.29, 1.82) is 0 Å². The van der Waals surface area contributed by atoms with Crippen molar-refractivity contribution in [2.45, 2.75) is 0 Å². The lowest BCUT2D eigenvalue weighted by molar-refractivity contribution is -0.383. The molecule has 1 heterocycles. The summed E-state index contributed by atoms with van der Waals surface area (Å²) < 4.78 is 4.37. The van der Waals surface area contributed by atoms with Gasteiger partial charge in [-0.2, -0.15) is 0 Å². The van der Waals surface area contributed by atoms with Crippen LogP contribution in [-0.4, -0.2) is 34.5 Å². The lowest BCUT2D eigenvalue weighted by Crippen LogP contribution is -2.18. The van der Waals surface area contributed by atoms with Gasteiger partial charge in [0.25, 0.3) is 0 Å². The molecule has 10 nitrogen and oxygen atoms in total. The molecule has 10 heteroatoms. The number of aromatic nitrogens is 2. The van der Waals surface area contributed by atoms with Crippen LogP contribution in [0.5, 0.6) is 0 Å². The number of hydrazine groups is 1. The van der Waals surface area contributed by atoms with E-state index in [9.17, 15) is 14.9 Å². The second-order valence-electron chi connectivity index (χ2n) is 2.75. The van der Waals surface area contributed by atoms with Crippen LogP contribution in [0.1, 0.15) is 0 Å². The van der Waals surface area contributed by atoms with Crippen molar-refractivity contribution in [2.24, 2.45) is 5.84 Å². The highest BCUT2D eigenvalue weighted by atomic mass is 16.6. The molecule has 1 aromatic heterocycles. The number of methoxy groups -OCH3 is 1. The van der Waals surface area contributed by atoms with Crippen LogP contribution in [0.3, 0.4) is 0 Å². The zero-order valence-electron chi connectivity index (χ0n) is 8.84. The number of nitrogens with two attached hydrogens (primary N) is 1. The average molecular weight is 242 g/mol. The van der Waals surface area contributed by atoms with Crippen molar-refractivity contribution in [3.05, 3.63) is 16.4 Å². The Morgan fingerprint density at radius 1 is 1.59 bits per heavy atom. The van der Waals surface area contributed by atoms with E-state index in [1.165, 1.54) is 7.11 Å². The highest BCUT2D eigenvalue weighted by molar-refractivity contribution is 5.77. The number of hydrogen-bond donors (Lipinski definition) is 3. The van der Waals surface area contributed by atoms with Crippen LogP contribution in [0.4, 0.5) is 17.3 Å². The summed E-state index contributed by atoms with van der Waals surface area (Å²) in [6.07, 6.45) is 1.07. The van der Waals surface area contributed by atoms with E-state index in [1.807, 2.05) is 0 Å². The van der Waals surface area contributed by atoms with Gasteiger partial charge in [0.15, 0.2) is 0 Å².